The van der Waals surface area contributed by atoms with Crippen LogP contribution in [0.4, 0.5) is 17.3 Å². The highest BCUT2D eigenvalue weighted by Gasteiger charge is 2.18. The number of nitrogens with zero attached hydrogens (tertiary/aromatic N) is 3. The van der Waals surface area contributed by atoms with Crippen LogP contribution in [0.5, 0.6) is 11.6 Å². The highest BCUT2D eigenvalue weighted by atomic mass is 35.5. The van der Waals surface area contributed by atoms with Gasteiger partial charge in [0, 0.05) is 31.5 Å². The SMILES string of the molecule is COc1nc(Nc2ccc(OCCN3CCOCC3)c(C)c2)ncc1C(=O)Nc1c(Cl)cccc1Cl. The van der Waals surface area contributed by atoms with Gasteiger partial charge < -0.3 is 24.8 Å². The summed E-state index contributed by atoms with van der Waals surface area (Å²) in [5, 5.41) is 6.45. The minimum atomic E-state index is -0.497. The van der Waals surface area contributed by atoms with Crippen molar-refractivity contribution < 1.29 is 19.0 Å². The van der Waals surface area contributed by atoms with E-state index in [2.05, 4.69) is 25.5 Å². The fourth-order valence-electron chi connectivity index (χ4n) is 3.66. The van der Waals surface area contributed by atoms with Gasteiger partial charge >= 0.3 is 0 Å². The van der Waals surface area contributed by atoms with Gasteiger partial charge in [-0.15, -0.1) is 0 Å². The summed E-state index contributed by atoms with van der Waals surface area (Å²) in [6.07, 6.45) is 1.38. The van der Waals surface area contributed by atoms with E-state index in [4.69, 9.17) is 37.4 Å². The van der Waals surface area contributed by atoms with E-state index in [0.717, 1.165) is 49.8 Å². The molecule has 1 amide bonds. The Hall–Kier alpha value is -3.11. The number of amides is 1. The van der Waals surface area contributed by atoms with Crippen molar-refractivity contribution in [1.82, 2.24) is 14.9 Å². The van der Waals surface area contributed by atoms with E-state index in [9.17, 15) is 4.79 Å². The maximum Gasteiger partial charge on any atom is 0.262 e. The maximum absolute atomic E-state index is 12.8. The molecular weight excluding hydrogens is 505 g/mol. The van der Waals surface area contributed by atoms with Gasteiger partial charge in [-0.3, -0.25) is 9.69 Å². The number of carbonyl (C=O) groups excluding carboxylic acids is 1. The molecule has 0 aliphatic carbocycles. The molecule has 1 aliphatic heterocycles. The van der Waals surface area contributed by atoms with Gasteiger partial charge in [0.15, 0.2) is 0 Å². The number of ether oxygens (including phenoxy) is 3. The molecule has 0 radical (unpaired) electrons. The van der Waals surface area contributed by atoms with E-state index in [1.165, 1.54) is 13.3 Å². The molecule has 0 bridgehead atoms. The number of nitrogens with one attached hydrogen (secondary N) is 2. The fraction of sp³-hybridized carbons (Fsp3) is 0.320. The first-order valence-corrected chi connectivity index (χ1v) is 12.2. The molecule has 2 heterocycles. The molecule has 0 atom stereocenters. The summed E-state index contributed by atoms with van der Waals surface area (Å²) in [5.41, 5.74) is 2.19. The number of methoxy groups -OCH3 is 1. The molecule has 1 fully saturated rings. The lowest BCUT2D eigenvalue weighted by Crippen LogP contribution is -2.38. The van der Waals surface area contributed by atoms with Crippen LogP contribution in [0.15, 0.2) is 42.6 Å². The first-order chi connectivity index (χ1) is 17.4. The lowest BCUT2D eigenvalue weighted by Gasteiger charge is -2.26. The van der Waals surface area contributed by atoms with Crippen LogP contribution in [-0.2, 0) is 4.74 Å². The molecule has 36 heavy (non-hydrogen) atoms. The number of aryl methyl sites for hydroxylation is 1. The second-order valence-corrected chi connectivity index (χ2v) is 8.89. The Morgan fingerprint density at radius 2 is 1.92 bits per heavy atom. The summed E-state index contributed by atoms with van der Waals surface area (Å²) in [6.45, 7) is 6.85. The fourth-order valence-corrected chi connectivity index (χ4v) is 4.16. The summed E-state index contributed by atoms with van der Waals surface area (Å²) in [6, 6.07) is 10.7. The van der Waals surface area contributed by atoms with Gasteiger partial charge in [-0.25, -0.2) is 4.98 Å². The molecule has 0 spiro atoms. The van der Waals surface area contributed by atoms with Crippen molar-refractivity contribution in [3.8, 4) is 11.6 Å². The topological polar surface area (TPSA) is 97.8 Å². The summed E-state index contributed by atoms with van der Waals surface area (Å²) < 4.78 is 16.7. The van der Waals surface area contributed by atoms with E-state index >= 15 is 0 Å². The average Bonchev–Trinajstić information content (AvgIpc) is 2.88. The van der Waals surface area contributed by atoms with Crippen molar-refractivity contribution in [2.45, 2.75) is 6.92 Å². The van der Waals surface area contributed by atoms with Crippen molar-refractivity contribution in [1.29, 1.82) is 0 Å². The number of para-hydroxylation sites is 1. The van der Waals surface area contributed by atoms with E-state index in [-0.39, 0.29) is 17.4 Å². The number of rotatable bonds is 9. The van der Waals surface area contributed by atoms with E-state index in [0.29, 0.717) is 22.3 Å². The van der Waals surface area contributed by atoms with Crippen LogP contribution in [0, 0.1) is 6.92 Å². The van der Waals surface area contributed by atoms with Gasteiger partial charge in [0.1, 0.15) is 17.9 Å². The Labute approximate surface area is 219 Å². The average molecular weight is 532 g/mol. The lowest BCUT2D eigenvalue weighted by atomic mass is 10.2. The Bertz CT molecular complexity index is 1200. The molecule has 0 saturated carbocycles. The van der Waals surface area contributed by atoms with Crippen molar-refractivity contribution in [3.63, 3.8) is 0 Å². The zero-order chi connectivity index (χ0) is 25.5. The summed E-state index contributed by atoms with van der Waals surface area (Å²) in [5.74, 6) is 0.702. The van der Waals surface area contributed by atoms with Crippen LogP contribution in [0.2, 0.25) is 10.0 Å². The number of benzene rings is 2. The molecule has 1 saturated heterocycles. The predicted octanol–water partition coefficient (Wildman–Crippen LogP) is 4.81. The minimum Gasteiger partial charge on any atom is -0.492 e. The number of aromatic nitrogens is 2. The van der Waals surface area contributed by atoms with Gasteiger partial charge in [-0.05, 0) is 42.8 Å². The Morgan fingerprint density at radius 1 is 1.17 bits per heavy atom. The molecule has 11 heteroatoms. The molecule has 2 aromatic carbocycles. The standard InChI is InChI=1S/C25H27Cl2N5O4/c1-16-14-17(6-7-21(16)36-13-10-32-8-11-35-12-9-32)29-25-28-15-18(24(31-25)34-2)23(33)30-22-19(26)4-3-5-20(22)27/h3-7,14-15H,8-13H2,1-2H3,(H,30,33)(H,28,29,31). The third-order valence-electron chi connectivity index (χ3n) is 5.59. The molecule has 9 nitrogen and oxygen atoms in total. The van der Waals surface area contributed by atoms with Gasteiger partial charge in [0.05, 0.1) is 36.1 Å². The highest BCUT2D eigenvalue weighted by Crippen LogP contribution is 2.31. The Morgan fingerprint density at radius 3 is 2.61 bits per heavy atom. The van der Waals surface area contributed by atoms with Crippen LogP contribution >= 0.6 is 23.2 Å². The number of hydrogen-bond donors (Lipinski definition) is 2. The van der Waals surface area contributed by atoms with Gasteiger partial charge in [-0.2, -0.15) is 4.98 Å². The number of carbonyl (C=O) groups is 1. The normalized spacial score (nSPS) is 13.8. The van der Waals surface area contributed by atoms with Crippen LogP contribution in [0.1, 0.15) is 15.9 Å². The van der Waals surface area contributed by atoms with Crippen LogP contribution in [0.3, 0.4) is 0 Å². The number of halogens is 2. The third-order valence-corrected chi connectivity index (χ3v) is 6.22. The molecule has 190 valence electrons. The smallest absolute Gasteiger partial charge is 0.262 e. The number of hydrogen-bond acceptors (Lipinski definition) is 8. The Kier molecular flexibility index (Phi) is 8.82. The van der Waals surface area contributed by atoms with Crippen LogP contribution in [-0.4, -0.2) is 67.3 Å². The maximum atomic E-state index is 12.8. The van der Waals surface area contributed by atoms with Gasteiger partial charge in [0.2, 0.25) is 11.8 Å². The van der Waals surface area contributed by atoms with E-state index in [1.807, 2.05) is 25.1 Å². The molecule has 3 aromatic rings. The largest absolute Gasteiger partial charge is 0.492 e. The van der Waals surface area contributed by atoms with Gasteiger partial charge in [-0.1, -0.05) is 29.3 Å². The van der Waals surface area contributed by atoms with E-state index < -0.39 is 5.91 Å². The first kappa shape index (κ1) is 26.0. The van der Waals surface area contributed by atoms with Crippen LogP contribution < -0.4 is 20.1 Å². The minimum absolute atomic E-state index is 0.105. The number of anilines is 3. The van der Waals surface area contributed by atoms with Crippen molar-refractivity contribution in [2.75, 3.05) is 57.2 Å². The molecule has 0 unspecified atom stereocenters. The second kappa shape index (κ2) is 12.2. The molecule has 4 rings (SSSR count). The molecular formula is C25H27Cl2N5O4. The van der Waals surface area contributed by atoms with E-state index in [1.54, 1.807) is 18.2 Å². The lowest BCUT2D eigenvalue weighted by molar-refractivity contribution is 0.0322. The monoisotopic (exact) mass is 531 g/mol. The van der Waals surface area contributed by atoms with Crippen LogP contribution in [0.25, 0.3) is 0 Å². The zero-order valence-corrected chi connectivity index (χ0v) is 21.5. The summed E-state index contributed by atoms with van der Waals surface area (Å²) >= 11 is 12.3. The van der Waals surface area contributed by atoms with Gasteiger partial charge in [0.25, 0.3) is 5.91 Å². The Balaban J connectivity index is 1.39. The molecule has 1 aromatic heterocycles. The zero-order valence-electron chi connectivity index (χ0n) is 20.0. The summed E-state index contributed by atoms with van der Waals surface area (Å²) in [4.78, 5) is 23.7. The quantitative estimate of drug-likeness (QED) is 0.406. The second-order valence-electron chi connectivity index (χ2n) is 8.08. The van der Waals surface area contributed by atoms with Crippen molar-refractivity contribution in [3.05, 3.63) is 63.8 Å². The molecule has 1 aliphatic rings. The molecule has 2 N–H and O–H groups in total. The highest BCUT2D eigenvalue weighted by molar-refractivity contribution is 6.40. The third kappa shape index (κ3) is 6.55. The summed E-state index contributed by atoms with van der Waals surface area (Å²) in [7, 11) is 1.43. The van der Waals surface area contributed by atoms with Crippen molar-refractivity contribution in [2.24, 2.45) is 0 Å². The predicted molar refractivity (Wildman–Crippen MR) is 140 cm³/mol. The van der Waals surface area contributed by atoms with Crippen molar-refractivity contribution >= 4 is 46.4 Å². The first-order valence-electron chi connectivity index (χ1n) is 11.4. The number of morpholine rings is 1.